The van der Waals surface area contributed by atoms with Gasteiger partial charge in [-0.2, -0.15) is 0 Å². The van der Waals surface area contributed by atoms with E-state index in [-0.39, 0.29) is 5.54 Å². The van der Waals surface area contributed by atoms with Gasteiger partial charge in [-0.1, -0.05) is 13.3 Å². The molecule has 0 saturated heterocycles. The van der Waals surface area contributed by atoms with Crippen molar-refractivity contribution >= 4 is 7.51 Å². The Morgan fingerprint density at radius 3 is 1.47 bits per heavy atom. The molecule has 0 aromatic heterocycles. The third-order valence-electron chi connectivity index (χ3n) is 2.88. The smallest absolute Gasteiger partial charge is 0.166 e. The fourth-order valence-corrected chi connectivity index (χ4v) is 5.88. The molecule has 0 spiro atoms. The molecule has 0 N–H and O–H groups in total. The molecule has 0 rings (SSSR count). The van der Waals surface area contributed by atoms with Crippen LogP contribution in [-0.2, 0) is 0 Å². The summed E-state index contributed by atoms with van der Waals surface area (Å²) in [6.45, 7) is 6.70. The summed E-state index contributed by atoms with van der Waals surface area (Å²) < 4.78 is 12.0. The monoisotopic (exact) mass is 262 g/mol. The van der Waals surface area contributed by atoms with Gasteiger partial charge in [-0.05, 0) is 62.6 Å². The van der Waals surface area contributed by atoms with Gasteiger partial charge in [0.25, 0.3) is 0 Å². The minimum absolute atomic E-state index is 0.0291. The van der Waals surface area contributed by atoms with E-state index >= 15 is 0 Å². The molecule has 17 heavy (non-hydrogen) atoms. The molecule has 0 heterocycles. The van der Waals surface area contributed by atoms with Gasteiger partial charge < -0.3 is 0 Å². The summed E-state index contributed by atoms with van der Waals surface area (Å²) in [5, 5.41) is 0. The van der Waals surface area contributed by atoms with Crippen LogP contribution < -0.4 is 0 Å². The van der Waals surface area contributed by atoms with Crippen molar-refractivity contribution in [3.8, 4) is 0 Å². The summed E-state index contributed by atoms with van der Waals surface area (Å²) in [6.07, 6.45) is 2.30. The molecule has 0 aromatic carbocycles. The van der Waals surface area contributed by atoms with Gasteiger partial charge in [0.15, 0.2) is 7.51 Å². The zero-order valence-electron chi connectivity index (χ0n) is 13.2. The molecule has 0 atom stereocenters. The van der Waals surface area contributed by atoms with Crippen LogP contribution in [0.3, 0.4) is 0 Å². The normalized spacial score (nSPS) is 13.9. The van der Waals surface area contributed by atoms with Gasteiger partial charge in [0.2, 0.25) is 0 Å². The highest BCUT2D eigenvalue weighted by Crippen LogP contribution is 2.56. The Labute approximate surface area is 108 Å². The van der Waals surface area contributed by atoms with E-state index in [0.717, 1.165) is 6.42 Å². The molecule has 0 radical (unpaired) electrons. The Kier molecular flexibility index (Phi) is 6.37. The first-order valence-corrected chi connectivity index (χ1v) is 7.87. The molecule has 0 saturated carbocycles. The summed E-state index contributed by atoms with van der Waals surface area (Å²) in [4.78, 5) is 0. The first-order chi connectivity index (χ1) is 7.60. The van der Waals surface area contributed by atoms with Crippen LogP contribution in [0.25, 0.3) is 0 Å². The standard InChI is InChI=1S/C12H31N4P/c1-10-11-12(2,3)13-17(14(4)5,15(6)7)16(8)9/h10-11H2,1-9H3. The van der Waals surface area contributed by atoms with Gasteiger partial charge in [0.1, 0.15) is 0 Å². The van der Waals surface area contributed by atoms with Crippen LogP contribution in [0.2, 0.25) is 0 Å². The van der Waals surface area contributed by atoms with E-state index in [4.69, 9.17) is 4.74 Å². The van der Waals surface area contributed by atoms with Crippen molar-refractivity contribution in [2.24, 2.45) is 4.74 Å². The highest BCUT2D eigenvalue weighted by molar-refractivity contribution is 7.59. The molecule has 0 aromatic rings. The van der Waals surface area contributed by atoms with Gasteiger partial charge >= 0.3 is 0 Å². The van der Waals surface area contributed by atoms with Crippen molar-refractivity contribution in [2.75, 3.05) is 42.3 Å². The quantitative estimate of drug-likeness (QED) is 0.686. The average Bonchev–Trinajstić information content (AvgIpc) is 2.12. The van der Waals surface area contributed by atoms with Crippen molar-refractivity contribution in [1.29, 1.82) is 0 Å². The number of rotatable bonds is 6. The highest BCUT2D eigenvalue weighted by Gasteiger charge is 2.31. The Bertz CT molecular complexity index is 254. The molecular weight excluding hydrogens is 231 g/mol. The van der Waals surface area contributed by atoms with Crippen molar-refractivity contribution in [3.05, 3.63) is 0 Å². The molecule has 5 heteroatoms. The highest BCUT2D eigenvalue weighted by atomic mass is 31.2. The molecule has 4 nitrogen and oxygen atoms in total. The fourth-order valence-electron chi connectivity index (χ4n) is 2.37. The lowest BCUT2D eigenvalue weighted by Crippen LogP contribution is -2.33. The lowest BCUT2D eigenvalue weighted by molar-refractivity contribution is 0.428. The Balaban J connectivity index is 5.67. The third kappa shape index (κ3) is 4.06. The second-order valence-corrected chi connectivity index (χ2v) is 9.41. The predicted molar refractivity (Wildman–Crippen MR) is 79.4 cm³/mol. The first kappa shape index (κ1) is 17.1. The molecule has 0 aliphatic carbocycles. The molecule has 0 aliphatic heterocycles. The van der Waals surface area contributed by atoms with Crippen LogP contribution >= 0.6 is 7.51 Å². The molecular formula is C12H31N4P. The van der Waals surface area contributed by atoms with Gasteiger partial charge in [0.05, 0.1) is 5.54 Å². The van der Waals surface area contributed by atoms with Crippen LogP contribution in [0, 0.1) is 0 Å². The molecule has 104 valence electrons. The zero-order chi connectivity index (χ0) is 13.9. The number of nitrogens with zero attached hydrogens (tertiary/aromatic N) is 4. The Hall–Kier alpha value is 0.110. The van der Waals surface area contributed by atoms with E-state index in [9.17, 15) is 0 Å². The van der Waals surface area contributed by atoms with Crippen molar-refractivity contribution < 1.29 is 0 Å². The molecule has 0 amide bonds. The Morgan fingerprint density at radius 2 is 1.24 bits per heavy atom. The van der Waals surface area contributed by atoms with E-state index in [0.29, 0.717) is 0 Å². The van der Waals surface area contributed by atoms with Crippen LogP contribution in [0.15, 0.2) is 4.74 Å². The van der Waals surface area contributed by atoms with E-state index in [1.165, 1.54) is 6.42 Å². The van der Waals surface area contributed by atoms with Gasteiger partial charge in [-0.15, -0.1) is 0 Å². The third-order valence-corrected chi connectivity index (χ3v) is 6.91. The summed E-state index contributed by atoms with van der Waals surface area (Å²) >= 11 is 0. The lowest BCUT2D eigenvalue weighted by Gasteiger charge is -2.43. The van der Waals surface area contributed by atoms with E-state index in [1.807, 2.05) is 0 Å². The average molecular weight is 262 g/mol. The van der Waals surface area contributed by atoms with Crippen LogP contribution in [0.4, 0.5) is 0 Å². The van der Waals surface area contributed by atoms with E-state index in [1.54, 1.807) is 0 Å². The maximum absolute atomic E-state index is 5.22. The van der Waals surface area contributed by atoms with Crippen molar-refractivity contribution in [1.82, 2.24) is 14.0 Å². The summed E-state index contributed by atoms with van der Waals surface area (Å²) in [5.74, 6) is 0. The summed E-state index contributed by atoms with van der Waals surface area (Å²) in [5.41, 5.74) is 0.0291. The zero-order valence-corrected chi connectivity index (χ0v) is 14.0. The fraction of sp³-hybridized carbons (Fsp3) is 1.00. The second-order valence-electron chi connectivity index (χ2n) is 5.74. The van der Waals surface area contributed by atoms with Crippen molar-refractivity contribution in [3.63, 3.8) is 0 Å². The first-order valence-electron chi connectivity index (χ1n) is 6.27. The topological polar surface area (TPSA) is 22.1 Å². The van der Waals surface area contributed by atoms with Crippen LogP contribution in [0.5, 0.6) is 0 Å². The minimum atomic E-state index is -1.74. The van der Waals surface area contributed by atoms with E-state index in [2.05, 4.69) is 77.1 Å². The van der Waals surface area contributed by atoms with Gasteiger partial charge in [0, 0.05) is 0 Å². The molecule has 0 unspecified atom stereocenters. The number of hydrogen-bond acceptors (Lipinski definition) is 1. The molecule has 0 bridgehead atoms. The lowest BCUT2D eigenvalue weighted by atomic mass is 10.0. The van der Waals surface area contributed by atoms with Gasteiger partial charge in [-0.3, -0.25) is 18.8 Å². The Morgan fingerprint density at radius 1 is 0.882 bits per heavy atom. The summed E-state index contributed by atoms with van der Waals surface area (Å²) in [7, 11) is 11.0. The van der Waals surface area contributed by atoms with Crippen LogP contribution in [-0.4, -0.2) is 61.8 Å². The molecule has 0 fully saturated rings. The SMILES string of the molecule is CCCC(C)(C)N=P(N(C)C)(N(C)C)N(C)C. The van der Waals surface area contributed by atoms with Crippen LogP contribution in [0.1, 0.15) is 33.6 Å². The minimum Gasteiger partial charge on any atom is -0.254 e. The van der Waals surface area contributed by atoms with Crippen molar-refractivity contribution in [2.45, 2.75) is 39.2 Å². The predicted octanol–water partition coefficient (Wildman–Crippen LogP) is 3.20. The largest absolute Gasteiger partial charge is 0.254 e. The summed E-state index contributed by atoms with van der Waals surface area (Å²) in [6, 6.07) is 0. The molecule has 0 aliphatic rings. The maximum atomic E-state index is 5.22. The van der Waals surface area contributed by atoms with Gasteiger partial charge in [-0.25, -0.2) is 0 Å². The second kappa shape index (κ2) is 6.33. The number of hydrogen-bond donors (Lipinski definition) is 0. The maximum Gasteiger partial charge on any atom is 0.166 e. The van der Waals surface area contributed by atoms with E-state index < -0.39 is 7.51 Å².